The molecule has 4 nitrogen and oxygen atoms in total. The quantitative estimate of drug-likeness (QED) is 0.880. The van der Waals surface area contributed by atoms with Crippen LogP contribution < -0.4 is 5.32 Å². The highest BCUT2D eigenvalue weighted by molar-refractivity contribution is 5.95. The van der Waals surface area contributed by atoms with E-state index in [2.05, 4.69) is 5.32 Å². The zero-order chi connectivity index (χ0) is 15.2. The van der Waals surface area contributed by atoms with Crippen molar-refractivity contribution in [3.63, 3.8) is 0 Å². The van der Waals surface area contributed by atoms with Crippen LogP contribution in [-0.4, -0.2) is 18.5 Å². The van der Waals surface area contributed by atoms with E-state index in [1.165, 1.54) is 18.2 Å². The number of anilines is 1. The number of esters is 1. The molecule has 0 aliphatic carbocycles. The number of carbonyl (C=O) groups is 2. The zero-order valence-corrected chi connectivity index (χ0v) is 11.4. The first kappa shape index (κ1) is 14.7. The van der Waals surface area contributed by atoms with Gasteiger partial charge in [-0.05, 0) is 42.8 Å². The van der Waals surface area contributed by atoms with Crippen molar-refractivity contribution < 1.29 is 18.7 Å². The second kappa shape index (κ2) is 6.65. The normalized spacial score (nSPS) is 10.0. The Hall–Kier alpha value is -2.69. The molecule has 21 heavy (non-hydrogen) atoms. The van der Waals surface area contributed by atoms with Crippen LogP contribution >= 0.6 is 0 Å². The first-order chi connectivity index (χ1) is 10.0. The predicted molar refractivity (Wildman–Crippen MR) is 76.5 cm³/mol. The molecule has 0 saturated heterocycles. The van der Waals surface area contributed by atoms with Crippen molar-refractivity contribution in [3.8, 4) is 0 Å². The molecule has 2 rings (SSSR count). The van der Waals surface area contributed by atoms with Crippen LogP contribution in [0.3, 0.4) is 0 Å². The highest BCUT2D eigenvalue weighted by atomic mass is 19.1. The molecule has 5 heteroatoms. The van der Waals surface area contributed by atoms with Gasteiger partial charge in [0.25, 0.3) is 5.91 Å². The van der Waals surface area contributed by atoms with Crippen molar-refractivity contribution in [2.45, 2.75) is 6.92 Å². The fourth-order valence-electron chi connectivity index (χ4n) is 1.75. The van der Waals surface area contributed by atoms with E-state index >= 15 is 0 Å². The van der Waals surface area contributed by atoms with Gasteiger partial charge in [-0.1, -0.05) is 18.2 Å². The minimum absolute atomic E-state index is 0.0679. The summed E-state index contributed by atoms with van der Waals surface area (Å²) in [7, 11) is 0. The van der Waals surface area contributed by atoms with E-state index in [9.17, 15) is 14.0 Å². The summed E-state index contributed by atoms with van der Waals surface area (Å²) in [5, 5.41) is 2.61. The number of nitrogens with one attached hydrogen (secondary N) is 1. The maximum absolute atomic E-state index is 13.0. The number of hydrogen-bond donors (Lipinski definition) is 1. The lowest BCUT2D eigenvalue weighted by atomic mass is 10.2. The van der Waals surface area contributed by atoms with Crippen LogP contribution in [0.4, 0.5) is 10.1 Å². The number of hydrogen-bond acceptors (Lipinski definition) is 3. The Morgan fingerprint density at radius 1 is 1.14 bits per heavy atom. The molecule has 0 atom stereocenters. The number of aryl methyl sites for hydroxylation is 1. The second-order valence-corrected chi connectivity index (χ2v) is 4.50. The van der Waals surface area contributed by atoms with Gasteiger partial charge < -0.3 is 10.1 Å². The smallest absolute Gasteiger partial charge is 0.338 e. The number of halogens is 1. The topological polar surface area (TPSA) is 55.4 Å². The lowest BCUT2D eigenvalue weighted by molar-refractivity contribution is -0.119. The van der Waals surface area contributed by atoms with Crippen LogP contribution in [-0.2, 0) is 9.53 Å². The van der Waals surface area contributed by atoms with E-state index in [-0.39, 0.29) is 5.56 Å². The van der Waals surface area contributed by atoms with Gasteiger partial charge in [-0.15, -0.1) is 0 Å². The van der Waals surface area contributed by atoms with Gasteiger partial charge in [0.1, 0.15) is 5.82 Å². The average Bonchev–Trinajstić information content (AvgIpc) is 2.45. The van der Waals surface area contributed by atoms with Crippen molar-refractivity contribution in [1.82, 2.24) is 0 Å². The maximum atomic E-state index is 13.0. The van der Waals surface area contributed by atoms with Crippen LogP contribution in [0.25, 0.3) is 0 Å². The summed E-state index contributed by atoms with van der Waals surface area (Å²) in [5.74, 6) is -1.73. The van der Waals surface area contributed by atoms with Crippen molar-refractivity contribution in [2.75, 3.05) is 11.9 Å². The summed E-state index contributed by atoms with van der Waals surface area (Å²) in [5.41, 5.74) is 1.70. The molecule has 0 bridgehead atoms. The van der Waals surface area contributed by atoms with Crippen molar-refractivity contribution in [1.29, 1.82) is 0 Å². The molecule has 1 amide bonds. The predicted octanol–water partition coefficient (Wildman–Crippen LogP) is 2.93. The molecule has 0 radical (unpaired) electrons. The standard InChI is InChI=1S/C16H14FNO3/c1-11-4-2-7-14(8-11)18-15(19)10-21-16(20)12-5-3-6-13(17)9-12/h2-9H,10H2,1H3,(H,18,19). The van der Waals surface area contributed by atoms with Crippen molar-refractivity contribution >= 4 is 17.6 Å². The third-order valence-corrected chi connectivity index (χ3v) is 2.70. The summed E-state index contributed by atoms with van der Waals surface area (Å²) in [4.78, 5) is 23.3. The fourth-order valence-corrected chi connectivity index (χ4v) is 1.75. The first-order valence-electron chi connectivity index (χ1n) is 6.34. The summed E-state index contributed by atoms with van der Waals surface area (Å²) in [6.45, 7) is 1.48. The molecule has 0 heterocycles. The van der Waals surface area contributed by atoms with Gasteiger partial charge in [-0.3, -0.25) is 4.79 Å². The lowest BCUT2D eigenvalue weighted by Gasteiger charge is -2.07. The van der Waals surface area contributed by atoms with Gasteiger partial charge in [0.05, 0.1) is 5.56 Å². The van der Waals surface area contributed by atoms with Crippen LogP contribution in [0, 0.1) is 12.7 Å². The molecular weight excluding hydrogens is 273 g/mol. The molecule has 0 aliphatic heterocycles. The number of benzene rings is 2. The van der Waals surface area contributed by atoms with E-state index in [1.54, 1.807) is 12.1 Å². The van der Waals surface area contributed by atoms with E-state index in [0.717, 1.165) is 11.6 Å². The van der Waals surface area contributed by atoms with Gasteiger partial charge in [0.2, 0.25) is 0 Å². The SMILES string of the molecule is Cc1cccc(NC(=O)COC(=O)c2cccc(F)c2)c1. The minimum Gasteiger partial charge on any atom is -0.452 e. The molecule has 1 N–H and O–H groups in total. The largest absolute Gasteiger partial charge is 0.452 e. The number of ether oxygens (including phenoxy) is 1. The average molecular weight is 287 g/mol. The molecule has 0 spiro atoms. The van der Waals surface area contributed by atoms with Gasteiger partial charge >= 0.3 is 5.97 Å². The Kier molecular flexibility index (Phi) is 4.66. The van der Waals surface area contributed by atoms with Crippen LogP contribution in [0.2, 0.25) is 0 Å². The van der Waals surface area contributed by atoms with Crippen molar-refractivity contribution in [2.24, 2.45) is 0 Å². The zero-order valence-electron chi connectivity index (χ0n) is 11.4. The highest BCUT2D eigenvalue weighted by Crippen LogP contribution is 2.09. The summed E-state index contributed by atoms with van der Waals surface area (Å²) in [6.07, 6.45) is 0. The van der Waals surface area contributed by atoms with E-state index < -0.39 is 24.3 Å². The van der Waals surface area contributed by atoms with Gasteiger partial charge in [0.15, 0.2) is 6.61 Å². The van der Waals surface area contributed by atoms with Gasteiger partial charge in [-0.25, -0.2) is 9.18 Å². The number of carbonyl (C=O) groups excluding carboxylic acids is 2. The summed E-state index contributed by atoms with van der Waals surface area (Å²) < 4.78 is 17.8. The lowest BCUT2D eigenvalue weighted by Crippen LogP contribution is -2.21. The van der Waals surface area contributed by atoms with Crippen LogP contribution in [0.5, 0.6) is 0 Å². The monoisotopic (exact) mass is 287 g/mol. The Morgan fingerprint density at radius 2 is 1.90 bits per heavy atom. The van der Waals surface area contributed by atoms with Gasteiger partial charge in [0, 0.05) is 5.69 Å². The Bertz CT molecular complexity index is 670. The fraction of sp³-hybridized carbons (Fsp3) is 0.125. The Morgan fingerprint density at radius 3 is 2.62 bits per heavy atom. The number of rotatable bonds is 4. The summed E-state index contributed by atoms with van der Waals surface area (Å²) in [6, 6.07) is 12.3. The molecular formula is C16H14FNO3. The maximum Gasteiger partial charge on any atom is 0.338 e. The third kappa shape index (κ3) is 4.42. The Labute approximate surface area is 121 Å². The third-order valence-electron chi connectivity index (χ3n) is 2.70. The van der Waals surface area contributed by atoms with Crippen molar-refractivity contribution in [3.05, 3.63) is 65.5 Å². The van der Waals surface area contributed by atoms with Crippen LogP contribution in [0.1, 0.15) is 15.9 Å². The molecule has 0 unspecified atom stereocenters. The van der Waals surface area contributed by atoms with Gasteiger partial charge in [-0.2, -0.15) is 0 Å². The molecule has 0 saturated carbocycles. The molecule has 2 aromatic carbocycles. The first-order valence-corrected chi connectivity index (χ1v) is 6.34. The number of amides is 1. The van der Waals surface area contributed by atoms with E-state index in [0.29, 0.717) is 5.69 Å². The van der Waals surface area contributed by atoms with E-state index in [1.807, 2.05) is 19.1 Å². The molecule has 0 aliphatic rings. The van der Waals surface area contributed by atoms with E-state index in [4.69, 9.17) is 4.74 Å². The molecule has 0 aromatic heterocycles. The summed E-state index contributed by atoms with van der Waals surface area (Å²) >= 11 is 0. The second-order valence-electron chi connectivity index (χ2n) is 4.50. The highest BCUT2D eigenvalue weighted by Gasteiger charge is 2.11. The Balaban J connectivity index is 1.88. The molecule has 2 aromatic rings. The minimum atomic E-state index is -0.742. The van der Waals surface area contributed by atoms with Crippen LogP contribution in [0.15, 0.2) is 48.5 Å². The molecule has 0 fully saturated rings. The molecule has 108 valence electrons.